The average molecular weight is 404 g/mol. The Kier molecular flexibility index (Phi) is 4.74. The average Bonchev–Trinajstić information content (AvgIpc) is 2.70. The molecule has 4 rings (SSSR count). The van der Waals surface area contributed by atoms with E-state index in [4.69, 9.17) is 10.5 Å². The van der Waals surface area contributed by atoms with Crippen molar-refractivity contribution in [3.05, 3.63) is 65.2 Å². The fraction of sp³-hybridized carbons (Fsp3) is 0.250. The van der Waals surface area contributed by atoms with Crippen LogP contribution >= 0.6 is 0 Å². The molecular formula is C24H24N2O4. The highest BCUT2D eigenvalue weighted by Crippen LogP contribution is 2.39. The normalized spacial score (nSPS) is 13.8. The highest BCUT2D eigenvalue weighted by atomic mass is 16.5. The molecule has 6 heteroatoms. The maximum Gasteiger partial charge on any atom is 0.261 e. The summed E-state index contributed by atoms with van der Waals surface area (Å²) >= 11 is 0. The van der Waals surface area contributed by atoms with Gasteiger partial charge in [-0.2, -0.15) is 0 Å². The summed E-state index contributed by atoms with van der Waals surface area (Å²) in [4.78, 5) is 26.7. The molecular weight excluding hydrogens is 380 g/mol. The Balaban J connectivity index is 1.80. The van der Waals surface area contributed by atoms with E-state index in [1.807, 2.05) is 24.3 Å². The first-order valence-electron chi connectivity index (χ1n) is 9.83. The van der Waals surface area contributed by atoms with E-state index < -0.39 is 11.8 Å². The van der Waals surface area contributed by atoms with Crippen LogP contribution in [-0.2, 0) is 5.41 Å². The van der Waals surface area contributed by atoms with Gasteiger partial charge in [-0.05, 0) is 41.3 Å². The Morgan fingerprint density at radius 1 is 0.967 bits per heavy atom. The molecule has 6 nitrogen and oxygen atoms in total. The number of β-amino-alcohol motifs (C(OH)–C–C–N with tert-alkyl or cyclic N) is 1. The number of anilines is 1. The summed E-state index contributed by atoms with van der Waals surface area (Å²) in [6.07, 6.45) is 0. The molecule has 0 radical (unpaired) electrons. The van der Waals surface area contributed by atoms with Gasteiger partial charge >= 0.3 is 0 Å². The lowest BCUT2D eigenvalue weighted by Crippen LogP contribution is -2.41. The van der Waals surface area contributed by atoms with E-state index in [9.17, 15) is 14.7 Å². The van der Waals surface area contributed by atoms with Gasteiger partial charge in [0.1, 0.15) is 11.5 Å². The highest BCUT2D eigenvalue weighted by molar-refractivity contribution is 6.26. The Hall–Kier alpha value is -3.38. The predicted octanol–water partition coefficient (Wildman–Crippen LogP) is 4.10. The number of benzene rings is 3. The topological polar surface area (TPSA) is 92.9 Å². The highest BCUT2D eigenvalue weighted by Gasteiger charge is 2.33. The minimum Gasteiger partial charge on any atom is -0.455 e. The number of rotatable bonds is 4. The minimum absolute atomic E-state index is 0.0337. The Bertz CT molecular complexity index is 1160. The van der Waals surface area contributed by atoms with Gasteiger partial charge in [-0.1, -0.05) is 39.0 Å². The number of ether oxygens (including phenoxy) is 1. The number of amides is 2. The molecule has 0 bridgehead atoms. The minimum atomic E-state index is -0.418. The number of imide groups is 1. The van der Waals surface area contributed by atoms with Crippen molar-refractivity contribution in [2.45, 2.75) is 26.2 Å². The van der Waals surface area contributed by atoms with E-state index in [1.54, 1.807) is 24.3 Å². The molecule has 0 saturated carbocycles. The summed E-state index contributed by atoms with van der Waals surface area (Å²) in [6, 6.07) is 14.3. The molecule has 154 valence electrons. The van der Waals surface area contributed by atoms with Gasteiger partial charge < -0.3 is 15.6 Å². The van der Waals surface area contributed by atoms with Gasteiger partial charge in [-0.25, -0.2) is 0 Å². The molecule has 0 aromatic heterocycles. The number of nitrogen functional groups attached to an aromatic ring is 1. The van der Waals surface area contributed by atoms with Crippen molar-refractivity contribution in [2.75, 3.05) is 18.9 Å². The van der Waals surface area contributed by atoms with E-state index in [1.165, 1.54) is 0 Å². The van der Waals surface area contributed by atoms with Crippen molar-refractivity contribution in [1.82, 2.24) is 4.90 Å². The quantitative estimate of drug-likeness (QED) is 0.504. The van der Waals surface area contributed by atoms with Gasteiger partial charge in [-0.15, -0.1) is 0 Å². The van der Waals surface area contributed by atoms with Crippen LogP contribution in [0.1, 0.15) is 47.1 Å². The van der Waals surface area contributed by atoms with Gasteiger partial charge in [0.05, 0.1) is 18.8 Å². The van der Waals surface area contributed by atoms with E-state index in [0.29, 0.717) is 39.1 Å². The zero-order valence-corrected chi connectivity index (χ0v) is 17.2. The van der Waals surface area contributed by atoms with E-state index >= 15 is 0 Å². The molecule has 3 N–H and O–H groups in total. The van der Waals surface area contributed by atoms with Crippen molar-refractivity contribution in [2.24, 2.45) is 0 Å². The zero-order chi connectivity index (χ0) is 21.6. The van der Waals surface area contributed by atoms with Gasteiger partial charge in [0.15, 0.2) is 0 Å². The largest absolute Gasteiger partial charge is 0.455 e. The maximum absolute atomic E-state index is 12.8. The molecule has 0 atom stereocenters. The molecule has 1 aliphatic heterocycles. The molecule has 30 heavy (non-hydrogen) atoms. The fourth-order valence-corrected chi connectivity index (χ4v) is 3.74. The molecule has 1 heterocycles. The molecule has 0 aliphatic carbocycles. The van der Waals surface area contributed by atoms with Crippen LogP contribution in [0.25, 0.3) is 10.8 Å². The van der Waals surface area contributed by atoms with Gasteiger partial charge in [0, 0.05) is 21.9 Å². The van der Waals surface area contributed by atoms with Gasteiger partial charge in [0.25, 0.3) is 11.8 Å². The second kappa shape index (κ2) is 7.15. The Morgan fingerprint density at radius 2 is 1.63 bits per heavy atom. The smallest absolute Gasteiger partial charge is 0.261 e. The van der Waals surface area contributed by atoms with Crippen LogP contribution in [0.2, 0.25) is 0 Å². The second-order valence-corrected chi connectivity index (χ2v) is 8.43. The third-order valence-corrected chi connectivity index (χ3v) is 5.37. The van der Waals surface area contributed by atoms with Gasteiger partial charge in [0.2, 0.25) is 0 Å². The van der Waals surface area contributed by atoms with Crippen molar-refractivity contribution < 1.29 is 19.4 Å². The van der Waals surface area contributed by atoms with Crippen molar-refractivity contribution >= 4 is 28.3 Å². The standard InChI is InChI=1S/C24H24N2O4/c1-24(2,3)14-7-9-20(18(25)13-14)30-19-10-8-17-21-15(19)5-4-6-16(21)22(28)26(11-12-27)23(17)29/h4-10,13,27H,11-12,25H2,1-3H3. The lowest BCUT2D eigenvalue weighted by atomic mass is 9.87. The van der Waals surface area contributed by atoms with E-state index in [2.05, 4.69) is 20.8 Å². The molecule has 0 spiro atoms. The van der Waals surface area contributed by atoms with Crippen LogP contribution in [0.5, 0.6) is 11.5 Å². The third-order valence-electron chi connectivity index (χ3n) is 5.37. The van der Waals surface area contributed by atoms with Crippen LogP contribution in [0.15, 0.2) is 48.5 Å². The molecule has 3 aromatic rings. The first-order chi connectivity index (χ1) is 14.2. The third kappa shape index (κ3) is 3.19. The van der Waals surface area contributed by atoms with Crippen molar-refractivity contribution in [3.63, 3.8) is 0 Å². The Morgan fingerprint density at radius 3 is 2.27 bits per heavy atom. The summed E-state index contributed by atoms with van der Waals surface area (Å²) in [6.45, 7) is 6.02. The van der Waals surface area contributed by atoms with Crippen LogP contribution in [-0.4, -0.2) is 35.0 Å². The number of nitrogens with zero attached hydrogens (tertiary/aromatic N) is 1. The Labute approximate surface area is 174 Å². The molecule has 1 aliphatic rings. The first kappa shape index (κ1) is 19.9. The SMILES string of the molecule is CC(C)(C)c1ccc(Oc2ccc3c4c(cccc24)C(=O)N(CCO)C3=O)c(N)c1. The zero-order valence-electron chi connectivity index (χ0n) is 17.2. The summed E-state index contributed by atoms with van der Waals surface area (Å²) in [5.74, 6) is 0.192. The summed E-state index contributed by atoms with van der Waals surface area (Å²) in [7, 11) is 0. The number of carbonyl (C=O) groups is 2. The molecule has 0 unspecified atom stereocenters. The monoisotopic (exact) mass is 404 g/mol. The molecule has 0 fully saturated rings. The van der Waals surface area contributed by atoms with Crippen molar-refractivity contribution in [1.29, 1.82) is 0 Å². The van der Waals surface area contributed by atoms with Crippen LogP contribution < -0.4 is 10.5 Å². The van der Waals surface area contributed by atoms with E-state index in [-0.39, 0.29) is 18.6 Å². The maximum atomic E-state index is 12.8. The predicted molar refractivity (Wildman–Crippen MR) is 116 cm³/mol. The number of aliphatic hydroxyl groups is 1. The fourth-order valence-electron chi connectivity index (χ4n) is 3.74. The van der Waals surface area contributed by atoms with Crippen LogP contribution in [0.4, 0.5) is 5.69 Å². The van der Waals surface area contributed by atoms with Crippen molar-refractivity contribution in [3.8, 4) is 11.5 Å². The summed E-state index contributed by atoms with van der Waals surface area (Å²) < 4.78 is 6.11. The molecule has 3 aromatic carbocycles. The van der Waals surface area contributed by atoms with Crippen LogP contribution in [0.3, 0.4) is 0 Å². The number of aliphatic hydroxyl groups excluding tert-OH is 1. The molecule has 2 amide bonds. The number of carbonyl (C=O) groups excluding carboxylic acids is 2. The lowest BCUT2D eigenvalue weighted by molar-refractivity contribution is 0.0580. The lowest BCUT2D eigenvalue weighted by Gasteiger charge is -2.27. The van der Waals surface area contributed by atoms with Gasteiger partial charge in [-0.3, -0.25) is 14.5 Å². The summed E-state index contributed by atoms with van der Waals surface area (Å²) in [5.41, 5.74) is 8.65. The number of nitrogens with two attached hydrogens (primary N) is 1. The second-order valence-electron chi connectivity index (χ2n) is 8.43. The number of hydrogen-bond acceptors (Lipinski definition) is 5. The number of hydrogen-bond donors (Lipinski definition) is 2. The van der Waals surface area contributed by atoms with Crippen LogP contribution in [0, 0.1) is 0 Å². The summed E-state index contributed by atoms with van der Waals surface area (Å²) in [5, 5.41) is 10.4. The van der Waals surface area contributed by atoms with E-state index in [0.717, 1.165) is 10.5 Å². The molecule has 0 saturated heterocycles. The first-order valence-corrected chi connectivity index (χ1v) is 9.83.